The van der Waals surface area contributed by atoms with Gasteiger partial charge in [-0.15, -0.1) is 0 Å². The van der Waals surface area contributed by atoms with Crippen LogP contribution in [0.15, 0.2) is 35.5 Å². The summed E-state index contributed by atoms with van der Waals surface area (Å²) in [5, 5.41) is 10.0. The van der Waals surface area contributed by atoms with E-state index in [-0.39, 0.29) is 23.1 Å². The Labute approximate surface area is 175 Å². The summed E-state index contributed by atoms with van der Waals surface area (Å²) < 4.78 is 79.5. The van der Waals surface area contributed by atoms with Gasteiger partial charge in [-0.05, 0) is 39.0 Å². The molecule has 0 aliphatic heterocycles. The van der Waals surface area contributed by atoms with Gasteiger partial charge in [0.05, 0.1) is 23.5 Å². The van der Waals surface area contributed by atoms with Crippen molar-refractivity contribution < 1.29 is 26.0 Å². The molecule has 0 radical (unpaired) electrons. The lowest BCUT2D eigenvalue weighted by molar-refractivity contribution is -0.147. The molecule has 0 aliphatic carbocycles. The van der Waals surface area contributed by atoms with Crippen LogP contribution in [-0.2, 0) is 10.0 Å². The van der Waals surface area contributed by atoms with Crippen LogP contribution in [0.25, 0.3) is 22.4 Å². The fourth-order valence-corrected chi connectivity index (χ4v) is 4.22. The number of nitrogens with one attached hydrogen (secondary N) is 1. The molecular weight excluding hydrogens is 438 g/mol. The van der Waals surface area contributed by atoms with Crippen molar-refractivity contribution in [2.24, 2.45) is 0 Å². The molecule has 3 rings (SSSR count). The lowest BCUT2D eigenvalue weighted by Gasteiger charge is -2.17. The van der Waals surface area contributed by atoms with Gasteiger partial charge in [-0.2, -0.15) is 23.2 Å². The molecule has 1 atom stereocenters. The molecule has 0 saturated heterocycles. The largest absolute Gasteiger partial charge is 0.404 e. The van der Waals surface area contributed by atoms with Gasteiger partial charge in [0, 0.05) is 11.4 Å². The third-order valence-electron chi connectivity index (χ3n) is 4.57. The molecule has 0 amide bonds. The molecule has 2 aromatic heterocycles. The van der Waals surface area contributed by atoms with Gasteiger partial charge in [-0.3, -0.25) is 0 Å². The van der Waals surface area contributed by atoms with Gasteiger partial charge < -0.3 is 4.57 Å². The average Bonchev–Trinajstić information content (AvgIpc) is 3.00. The van der Waals surface area contributed by atoms with Crippen molar-refractivity contribution in [3.8, 4) is 17.6 Å². The minimum atomic E-state index is -4.76. The molecule has 0 aliphatic rings. The third-order valence-corrected chi connectivity index (χ3v) is 6.06. The molecule has 3 aromatic rings. The van der Waals surface area contributed by atoms with E-state index in [1.807, 2.05) is 19.9 Å². The van der Waals surface area contributed by atoms with Crippen LogP contribution in [0.5, 0.6) is 0 Å². The molecular formula is C19H17F4N5O2S. The van der Waals surface area contributed by atoms with Gasteiger partial charge in [0.2, 0.25) is 10.0 Å². The van der Waals surface area contributed by atoms with Crippen molar-refractivity contribution in [3.63, 3.8) is 0 Å². The van der Waals surface area contributed by atoms with Crippen molar-refractivity contribution >= 4 is 20.9 Å². The summed E-state index contributed by atoms with van der Waals surface area (Å²) in [6, 6.07) is 3.47. The van der Waals surface area contributed by atoms with Gasteiger partial charge in [0.1, 0.15) is 28.5 Å². The van der Waals surface area contributed by atoms with E-state index in [0.29, 0.717) is 17.8 Å². The molecule has 31 heavy (non-hydrogen) atoms. The highest BCUT2D eigenvalue weighted by atomic mass is 32.2. The van der Waals surface area contributed by atoms with Crippen LogP contribution < -0.4 is 4.72 Å². The highest BCUT2D eigenvalue weighted by Gasteiger charge is 2.39. The van der Waals surface area contributed by atoms with Crippen molar-refractivity contribution in [3.05, 3.63) is 42.0 Å². The van der Waals surface area contributed by atoms with Crippen LogP contribution in [0.1, 0.15) is 32.4 Å². The fourth-order valence-electron chi connectivity index (χ4n) is 3.10. The van der Waals surface area contributed by atoms with E-state index in [1.165, 1.54) is 22.9 Å². The van der Waals surface area contributed by atoms with Crippen molar-refractivity contribution in [1.82, 2.24) is 19.3 Å². The number of fused-ring (bicyclic) bond motifs is 1. The molecule has 7 nitrogen and oxygen atoms in total. The molecule has 2 heterocycles. The van der Waals surface area contributed by atoms with Crippen LogP contribution in [0.3, 0.4) is 0 Å². The predicted octanol–water partition coefficient (Wildman–Crippen LogP) is 3.92. The van der Waals surface area contributed by atoms with Crippen LogP contribution in [0.2, 0.25) is 0 Å². The second-order valence-electron chi connectivity index (χ2n) is 7.09. The first-order valence-electron chi connectivity index (χ1n) is 9.01. The van der Waals surface area contributed by atoms with Gasteiger partial charge in [-0.1, -0.05) is 0 Å². The Bertz CT molecular complexity index is 1280. The molecule has 0 bridgehead atoms. The summed E-state index contributed by atoms with van der Waals surface area (Å²) in [7, 11) is -4.53. The Morgan fingerprint density at radius 1 is 1.16 bits per heavy atom. The first-order valence-corrected chi connectivity index (χ1v) is 10.5. The molecule has 164 valence electrons. The summed E-state index contributed by atoms with van der Waals surface area (Å²) >= 11 is 0. The Morgan fingerprint density at radius 2 is 1.77 bits per heavy atom. The van der Waals surface area contributed by atoms with E-state index in [1.54, 1.807) is 4.57 Å². The van der Waals surface area contributed by atoms with Crippen LogP contribution in [0.4, 0.5) is 17.6 Å². The van der Waals surface area contributed by atoms with E-state index in [0.717, 1.165) is 12.4 Å². The maximum atomic E-state index is 13.8. The van der Waals surface area contributed by atoms with E-state index < -0.39 is 33.0 Å². The number of hydrogen-bond donors (Lipinski definition) is 1. The predicted molar refractivity (Wildman–Crippen MR) is 104 cm³/mol. The summed E-state index contributed by atoms with van der Waals surface area (Å²) in [5.74, 6) is -0.562. The minimum absolute atomic E-state index is 0.0234. The van der Waals surface area contributed by atoms with Crippen molar-refractivity contribution in [1.29, 1.82) is 5.26 Å². The van der Waals surface area contributed by atoms with E-state index in [2.05, 4.69) is 9.97 Å². The highest BCUT2D eigenvalue weighted by molar-refractivity contribution is 7.89. The average molecular weight is 455 g/mol. The zero-order valence-corrected chi connectivity index (χ0v) is 17.4. The molecule has 1 aromatic carbocycles. The number of nitriles is 1. The lowest BCUT2D eigenvalue weighted by Crippen LogP contribution is -2.43. The number of halogens is 4. The normalized spacial score (nSPS) is 13.5. The van der Waals surface area contributed by atoms with E-state index in [9.17, 15) is 31.2 Å². The second kappa shape index (κ2) is 7.90. The molecule has 12 heteroatoms. The fraction of sp³-hybridized carbons (Fsp3) is 0.316. The SMILES string of the molecule is CC(C)n1c(-c2ncc(S(=O)(=O)N[C@@H](C)C(F)(F)F)cn2)c(C#N)c2cc(F)ccc21. The molecule has 0 fully saturated rings. The van der Waals surface area contributed by atoms with Crippen LogP contribution in [-0.4, -0.2) is 35.2 Å². The van der Waals surface area contributed by atoms with Gasteiger partial charge in [0.15, 0.2) is 5.82 Å². The zero-order valence-electron chi connectivity index (χ0n) is 16.6. The lowest BCUT2D eigenvalue weighted by atomic mass is 10.1. The number of alkyl halides is 3. The molecule has 0 saturated carbocycles. The Morgan fingerprint density at radius 3 is 2.29 bits per heavy atom. The summed E-state index contributed by atoms with van der Waals surface area (Å²) in [6.07, 6.45) is -3.04. The summed E-state index contributed by atoms with van der Waals surface area (Å²) in [5.41, 5.74) is 0.908. The zero-order chi connectivity index (χ0) is 23.1. The highest BCUT2D eigenvalue weighted by Crippen LogP contribution is 2.35. The van der Waals surface area contributed by atoms with Crippen molar-refractivity contribution in [2.45, 2.75) is 43.9 Å². The van der Waals surface area contributed by atoms with Crippen LogP contribution in [0, 0.1) is 17.1 Å². The summed E-state index contributed by atoms with van der Waals surface area (Å²) in [4.78, 5) is 7.39. The first kappa shape index (κ1) is 22.6. The van der Waals surface area contributed by atoms with E-state index >= 15 is 0 Å². The molecule has 0 unspecified atom stereocenters. The topological polar surface area (TPSA) is 101 Å². The number of rotatable bonds is 5. The maximum absolute atomic E-state index is 13.8. The molecule has 0 spiro atoms. The quantitative estimate of drug-likeness (QED) is 0.588. The second-order valence-corrected chi connectivity index (χ2v) is 8.80. The number of hydrogen-bond acceptors (Lipinski definition) is 5. The van der Waals surface area contributed by atoms with Crippen LogP contribution >= 0.6 is 0 Å². The number of sulfonamides is 1. The van der Waals surface area contributed by atoms with Gasteiger partial charge in [0.25, 0.3) is 0 Å². The monoisotopic (exact) mass is 455 g/mol. The van der Waals surface area contributed by atoms with Gasteiger partial charge in [-0.25, -0.2) is 22.8 Å². The standard InChI is InChI=1S/C19H17F4N5O2S/c1-10(2)28-16-5-4-12(20)6-14(16)15(7-24)17(28)18-25-8-13(9-26-18)31(29,30)27-11(3)19(21,22)23/h4-6,8-11,27H,1-3H3/t11-/m0/s1. The smallest absolute Gasteiger partial charge is 0.334 e. The maximum Gasteiger partial charge on any atom is 0.404 e. The summed E-state index contributed by atoms with van der Waals surface area (Å²) in [6.45, 7) is 4.33. The van der Waals surface area contributed by atoms with E-state index in [4.69, 9.17) is 0 Å². The number of aromatic nitrogens is 3. The number of benzene rings is 1. The third kappa shape index (κ3) is 4.24. The van der Waals surface area contributed by atoms with Crippen molar-refractivity contribution in [2.75, 3.05) is 0 Å². The first-order chi connectivity index (χ1) is 14.4. The Hall–Kier alpha value is -3.04. The Balaban J connectivity index is 2.11. The Kier molecular flexibility index (Phi) is 5.77. The molecule has 1 N–H and O–H groups in total. The van der Waals surface area contributed by atoms with Gasteiger partial charge >= 0.3 is 6.18 Å². The minimum Gasteiger partial charge on any atom is -0.334 e. The number of nitrogens with zero attached hydrogens (tertiary/aromatic N) is 4.